The molecule has 0 N–H and O–H groups in total. The van der Waals surface area contributed by atoms with Crippen LogP contribution in [-0.4, -0.2) is 49.8 Å². The monoisotopic (exact) mass is 281 g/mol. The molecule has 3 rings (SSSR count). The van der Waals surface area contributed by atoms with E-state index in [1.807, 2.05) is 0 Å². The van der Waals surface area contributed by atoms with Crippen molar-refractivity contribution in [1.29, 1.82) is 0 Å². The number of morpholine rings is 1. The molecule has 2 aliphatic carbocycles. The fourth-order valence-corrected chi connectivity index (χ4v) is 4.66. The molecule has 3 atom stereocenters. The summed E-state index contributed by atoms with van der Waals surface area (Å²) in [7, 11) is 0. The summed E-state index contributed by atoms with van der Waals surface area (Å²) in [5, 5.41) is 0. The predicted molar refractivity (Wildman–Crippen MR) is 76.4 cm³/mol. The molecular formula is C16H27NO3. The number of hydrogen-bond donors (Lipinski definition) is 0. The summed E-state index contributed by atoms with van der Waals surface area (Å²) in [5.74, 6) is 0.660. The third-order valence-electron chi connectivity index (χ3n) is 5.84. The average Bonchev–Trinajstić information content (AvgIpc) is 2.87. The number of hydrogen-bond acceptors (Lipinski definition) is 4. The molecule has 3 aliphatic rings. The number of ether oxygens (including phenoxy) is 2. The first kappa shape index (κ1) is 14.3. The minimum atomic E-state index is -0.0567. The predicted octanol–water partition coefficient (Wildman–Crippen LogP) is 2.08. The van der Waals surface area contributed by atoms with Crippen molar-refractivity contribution in [1.82, 2.24) is 4.90 Å². The molecule has 0 aromatic carbocycles. The van der Waals surface area contributed by atoms with Gasteiger partial charge in [0.25, 0.3) is 0 Å². The van der Waals surface area contributed by atoms with Crippen LogP contribution in [0.25, 0.3) is 0 Å². The van der Waals surface area contributed by atoms with E-state index in [0.717, 1.165) is 26.3 Å². The van der Waals surface area contributed by atoms with Crippen LogP contribution in [0.4, 0.5) is 0 Å². The maximum absolute atomic E-state index is 12.3. The molecule has 1 aliphatic heterocycles. The molecule has 0 radical (unpaired) electrons. The first-order valence-corrected chi connectivity index (χ1v) is 7.91. The fourth-order valence-electron chi connectivity index (χ4n) is 4.66. The Morgan fingerprint density at radius 3 is 2.60 bits per heavy atom. The number of carbonyl (C=O) groups is 1. The van der Waals surface area contributed by atoms with Gasteiger partial charge in [0.2, 0.25) is 0 Å². The molecule has 1 saturated heterocycles. The van der Waals surface area contributed by atoms with Crippen LogP contribution in [-0.2, 0) is 14.3 Å². The quantitative estimate of drug-likeness (QED) is 0.742. The number of esters is 1. The summed E-state index contributed by atoms with van der Waals surface area (Å²) in [6.07, 6.45) is 3.80. The van der Waals surface area contributed by atoms with Crippen LogP contribution in [0.3, 0.4) is 0 Å². The molecule has 0 unspecified atom stereocenters. The van der Waals surface area contributed by atoms with Crippen LogP contribution in [0.1, 0.15) is 40.0 Å². The van der Waals surface area contributed by atoms with E-state index in [9.17, 15) is 4.79 Å². The highest BCUT2D eigenvalue weighted by Gasteiger charge is 2.61. The molecule has 2 bridgehead atoms. The van der Waals surface area contributed by atoms with Crippen LogP contribution in [0.5, 0.6) is 0 Å². The number of carbonyl (C=O) groups excluding carboxylic acids is 1. The van der Waals surface area contributed by atoms with Crippen LogP contribution >= 0.6 is 0 Å². The van der Waals surface area contributed by atoms with E-state index in [0.29, 0.717) is 12.5 Å². The van der Waals surface area contributed by atoms with Crippen LogP contribution in [0.15, 0.2) is 0 Å². The van der Waals surface area contributed by atoms with E-state index in [2.05, 4.69) is 25.7 Å². The molecule has 1 heterocycles. The maximum atomic E-state index is 12.3. The largest absolute Gasteiger partial charge is 0.460 e. The van der Waals surface area contributed by atoms with Crippen LogP contribution in [0.2, 0.25) is 0 Å². The topological polar surface area (TPSA) is 38.8 Å². The number of fused-ring (bicyclic) bond motifs is 2. The zero-order chi connectivity index (χ0) is 14.4. The highest BCUT2D eigenvalue weighted by Crippen LogP contribution is 2.63. The van der Waals surface area contributed by atoms with Gasteiger partial charge >= 0.3 is 5.97 Å². The SMILES string of the molecule is CC1(C)[C@@H]2CC[C@@](C)(C2)[C@@H]1OC(=O)CN1CCOCC1. The highest BCUT2D eigenvalue weighted by molar-refractivity contribution is 5.72. The lowest BCUT2D eigenvalue weighted by Crippen LogP contribution is -2.46. The van der Waals surface area contributed by atoms with Gasteiger partial charge in [0, 0.05) is 23.9 Å². The van der Waals surface area contributed by atoms with Gasteiger partial charge in [-0.2, -0.15) is 0 Å². The Balaban J connectivity index is 1.60. The van der Waals surface area contributed by atoms with Crippen molar-refractivity contribution in [2.75, 3.05) is 32.8 Å². The van der Waals surface area contributed by atoms with Gasteiger partial charge in [0.15, 0.2) is 0 Å². The fraction of sp³-hybridized carbons (Fsp3) is 0.938. The van der Waals surface area contributed by atoms with Crippen molar-refractivity contribution >= 4 is 5.97 Å². The molecule has 0 aromatic heterocycles. The molecule has 0 amide bonds. The summed E-state index contributed by atoms with van der Waals surface area (Å²) >= 11 is 0. The van der Waals surface area contributed by atoms with E-state index in [1.165, 1.54) is 19.3 Å². The van der Waals surface area contributed by atoms with Gasteiger partial charge in [-0.3, -0.25) is 9.69 Å². The van der Waals surface area contributed by atoms with Gasteiger partial charge in [0.1, 0.15) is 6.10 Å². The van der Waals surface area contributed by atoms with E-state index in [4.69, 9.17) is 9.47 Å². The number of rotatable bonds is 3. The summed E-state index contributed by atoms with van der Waals surface area (Å²) in [6.45, 7) is 10.4. The Hall–Kier alpha value is -0.610. The summed E-state index contributed by atoms with van der Waals surface area (Å²) in [5.41, 5.74) is 0.336. The minimum absolute atomic E-state index is 0.0567. The van der Waals surface area contributed by atoms with Crippen LogP contribution < -0.4 is 0 Å². The van der Waals surface area contributed by atoms with Crippen molar-refractivity contribution in [3.8, 4) is 0 Å². The Bertz CT molecular complexity index is 384. The van der Waals surface area contributed by atoms with E-state index in [-0.39, 0.29) is 22.9 Å². The van der Waals surface area contributed by atoms with Crippen molar-refractivity contribution < 1.29 is 14.3 Å². The van der Waals surface area contributed by atoms with Crippen molar-refractivity contribution in [3.63, 3.8) is 0 Å². The maximum Gasteiger partial charge on any atom is 0.320 e. The molecule has 4 heteroatoms. The van der Waals surface area contributed by atoms with E-state index < -0.39 is 0 Å². The lowest BCUT2D eigenvalue weighted by Gasteiger charge is -2.42. The van der Waals surface area contributed by atoms with E-state index >= 15 is 0 Å². The zero-order valence-corrected chi connectivity index (χ0v) is 13.0. The molecule has 2 saturated carbocycles. The summed E-state index contributed by atoms with van der Waals surface area (Å²) in [6, 6.07) is 0. The van der Waals surface area contributed by atoms with Gasteiger partial charge < -0.3 is 9.47 Å². The molecule has 0 spiro atoms. The highest BCUT2D eigenvalue weighted by atomic mass is 16.5. The smallest absolute Gasteiger partial charge is 0.320 e. The third kappa shape index (κ3) is 2.37. The van der Waals surface area contributed by atoms with Gasteiger partial charge in [0.05, 0.1) is 19.8 Å². The van der Waals surface area contributed by atoms with Gasteiger partial charge in [-0.1, -0.05) is 20.8 Å². The lowest BCUT2D eigenvalue weighted by molar-refractivity contribution is -0.166. The standard InChI is InChI=1S/C16H27NO3/c1-15(2)12-4-5-16(3,10-12)14(15)20-13(18)11-17-6-8-19-9-7-17/h12,14H,4-11H2,1-3H3/t12-,14-,16+/m1/s1. The summed E-state index contributed by atoms with van der Waals surface area (Å²) in [4.78, 5) is 14.4. The zero-order valence-electron chi connectivity index (χ0n) is 13.0. The summed E-state index contributed by atoms with van der Waals surface area (Å²) < 4.78 is 11.3. The lowest BCUT2D eigenvalue weighted by atomic mass is 9.70. The molecule has 3 fully saturated rings. The van der Waals surface area contributed by atoms with Crippen molar-refractivity contribution in [2.24, 2.45) is 16.7 Å². The van der Waals surface area contributed by atoms with Gasteiger partial charge in [-0.25, -0.2) is 0 Å². The molecule has 0 aromatic rings. The molecule has 20 heavy (non-hydrogen) atoms. The normalized spacial score (nSPS) is 40.0. The van der Waals surface area contributed by atoms with Gasteiger partial charge in [-0.15, -0.1) is 0 Å². The molecular weight excluding hydrogens is 254 g/mol. The molecule has 114 valence electrons. The first-order chi connectivity index (χ1) is 9.42. The van der Waals surface area contributed by atoms with Crippen LogP contribution in [0, 0.1) is 16.7 Å². The average molecular weight is 281 g/mol. The van der Waals surface area contributed by atoms with Gasteiger partial charge in [-0.05, 0) is 25.2 Å². The second-order valence-corrected chi connectivity index (χ2v) is 7.67. The molecule has 4 nitrogen and oxygen atoms in total. The number of nitrogens with zero attached hydrogens (tertiary/aromatic N) is 1. The Morgan fingerprint density at radius 2 is 2.00 bits per heavy atom. The Kier molecular flexibility index (Phi) is 3.57. The first-order valence-electron chi connectivity index (χ1n) is 7.91. The Morgan fingerprint density at radius 1 is 1.30 bits per heavy atom. The minimum Gasteiger partial charge on any atom is -0.460 e. The van der Waals surface area contributed by atoms with E-state index in [1.54, 1.807) is 0 Å². The van der Waals surface area contributed by atoms with Crippen molar-refractivity contribution in [2.45, 2.75) is 46.1 Å². The second-order valence-electron chi connectivity index (χ2n) is 7.67. The second kappa shape index (κ2) is 4.99. The third-order valence-corrected chi connectivity index (χ3v) is 5.84. The Labute approximate surface area is 121 Å². The van der Waals surface area contributed by atoms with Crippen molar-refractivity contribution in [3.05, 3.63) is 0 Å².